The minimum Gasteiger partial charge on any atom is -0.336 e. The SMILES string of the molecule is CC1C(C(F)(F)F)CCN1S(=O)(=O)CCn1ccnc1. The molecule has 0 aliphatic carbocycles. The molecule has 2 heterocycles. The molecule has 1 aliphatic rings. The van der Waals surface area contributed by atoms with Gasteiger partial charge < -0.3 is 4.57 Å². The molecule has 114 valence electrons. The average Bonchev–Trinajstić information content (AvgIpc) is 2.94. The molecule has 1 aromatic rings. The zero-order valence-corrected chi connectivity index (χ0v) is 11.7. The van der Waals surface area contributed by atoms with Gasteiger partial charge in [0.05, 0.1) is 18.0 Å². The van der Waals surface area contributed by atoms with Gasteiger partial charge in [-0.3, -0.25) is 0 Å². The van der Waals surface area contributed by atoms with E-state index in [9.17, 15) is 21.6 Å². The Labute approximate surface area is 115 Å². The Morgan fingerprint density at radius 1 is 1.40 bits per heavy atom. The van der Waals surface area contributed by atoms with E-state index < -0.39 is 28.2 Å². The molecular weight excluding hydrogens is 295 g/mol. The fourth-order valence-electron chi connectivity index (χ4n) is 2.50. The molecule has 2 rings (SSSR count). The molecule has 2 unspecified atom stereocenters. The van der Waals surface area contributed by atoms with E-state index in [0.717, 1.165) is 4.31 Å². The molecule has 0 spiro atoms. The van der Waals surface area contributed by atoms with Gasteiger partial charge in [-0.15, -0.1) is 0 Å². The molecule has 0 aromatic carbocycles. The molecule has 1 aromatic heterocycles. The maximum atomic E-state index is 12.7. The maximum Gasteiger partial charge on any atom is 0.393 e. The summed E-state index contributed by atoms with van der Waals surface area (Å²) >= 11 is 0. The number of alkyl halides is 3. The molecule has 5 nitrogen and oxygen atoms in total. The zero-order chi connectivity index (χ0) is 15.0. The molecule has 9 heteroatoms. The van der Waals surface area contributed by atoms with E-state index in [4.69, 9.17) is 0 Å². The number of halogens is 3. The number of rotatable bonds is 4. The van der Waals surface area contributed by atoms with E-state index in [1.165, 1.54) is 19.4 Å². The Morgan fingerprint density at radius 3 is 2.60 bits per heavy atom. The van der Waals surface area contributed by atoms with Gasteiger partial charge in [-0.05, 0) is 13.3 Å². The highest BCUT2D eigenvalue weighted by molar-refractivity contribution is 7.89. The van der Waals surface area contributed by atoms with E-state index in [0.29, 0.717) is 0 Å². The number of aryl methyl sites for hydroxylation is 1. The summed E-state index contributed by atoms with van der Waals surface area (Å²) in [5.41, 5.74) is 0. The molecule has 1 fully saturated rings. The van der Waals surface area contributed by atoms with E-state index in [2.05, 4.69) is 4.98 Å². The van der Waals surface area contributed by atoms with Crippen LogP contribution in [0.1, 0.15) is 13.3 Å². The molecule has 2 atom stereocenters. The van der Waals surface area contributed by atoms with Crippen LogP contribution in [0.15, 0.2) is 18.7 Å². The lowest BCUT2D eigenvalue weighted by molar-refractivity contribution is -0.177. The van der Waals surface area contributed by atoms with Crippen LogP contribution in [0, 0.1) is 5.92 Å². The van der Waals surface area contributed by atoms with Crippen molar-refractivity contribution >= 4 is 10.0 Å². The van der Waals surface area contributed by atoms with E-state index in [1.807, 2.05) is 0 Å². The Kier molecular flexibility index (Phi) is 4.10. The number of aromatic nitrogens is 2. The van der Waals surface area contributed by atoms with Crippen LogP contribution in [0.5, 0.6) is 0 Å². The third-order valence-electron chi connectivity index (χ3n) is 3.64. The van der Waals surface area contributed by atoms with Crippen molar-refractivity contribution in [2.24, 2.45) is 5.92 Å². The van der Waals surface area contributed by atoms with Crippen LogP contribution in [0.4, 0.5) is 13.2 Å². The topological polar surface area (TPSA) is 55.2 Å². The molecule has 1 aliphatic heterocycles. The van der Waals surface area contributed by atoms with Crippen molar-refractivity contribution in [2.45, 2.75) is 32.1 Å². The Balaban J connectivity index is 2.03. The lowest BCUT2D eigenvalue weighted by Gasteiger charge is -2.25. The van der Waals surface area contributed by atoms with E-state index in [1.54, 1.807) is 10.8 Å². The summed E-state index contributed by atoms with van der Waals surface area (Å²) in [5, 5.41) is 0. The quantitative estimate of drug-likeness (QED) is 0.846. The van der Waals surface area contributed by atoms with Crippen LogP contribution < -0.4 is 0 Å². The molecule has 0 saturated carbocycles. The first-order chi connectivity index (χ1) is 9.22. The van der Waals surface area contributed by atoms with Crippen molar-refractivity contribution < 1.29 is 21.6 Å². The van der Waals surface area contributed by atoms with Crippen molar-refractivity contribution in [3.8, 4) is 0 Å². The van der Waals surface area contributed by atoms with Gasteiger partial charge >= 0.3 is 6.18 Å². The van der Waals surface area contributed by atoms with Crippen LogP contribution in [0.3, 0.4) is 0 Å². The highest BCUT2D eigenvalue weighted by atomic mass is 32.2. The normalized spacial score (nSPS) is 25.2. The third-order valence-corrected chi connectivity index (χ3v) is 5.57. The lowest BCUT2D eigenvalue weighted by atomic mass is 10.0. The van der Waals surface area contributed by atoms with Crippen LogP contribution >= 0.6 is 0 Å². The van der Waals surface area contributed by atoms with Gasteiger partial charge in [0.15, 0.2) is 0 Å². The number of hydrogen-bond acceptors (Lipinski definition) is 3. The molecule has 1 saturated heterocycles. The lowest BCUT2D eigenvalue weighted by Crippen LogP contribution is -2.41. The molecule has 0 bridgehead atoms. The van der Waals surface area contributed by atoms with Gasteiger partial charge in [0.2, 0.25) is 10.0 Å². The van der Waals surface area contributed by atoms with Crippen molar-refractivity contribution in [2.75, 3.05) is 12.3 Å². The number of sulfonamides is 1. The maximum absolute atomic E-state index is 12.7. The standard InChI is InChI=1S/C11H16F3N3O2S/c1-9-10(11(12,13)14)2-4-17(9)20(18,19)7-6-16-5-3-15-8-16/h3,5,8-10H,2,4,6-7H2,1H3. The monoisotopic (exact) mass is 311 g/mol. The van der Waals surface area contributed by atoms with Crippen molar-refractivity contribution in [1.29, 1.82) is 0 Å². The van der Waals surface area contributed by atoms with Gasteiger partial charge in [0, 0.05) is 31.5 Å². The average molecular weight is 311 g/mol. The zero-order valence-electron chi connectivity index (χ0n) is 10.9. The van der Waals surface area contributed by atoms with Crippen LogP contribution in [-0.2, 0) is 16.6 Å². The molecule has 20 heavy (non-hydrogen) atoms. The third kappa shape index (κ3) is 3.14. The van der Waals surface area contributed by atoms with Crippen molar-refractivity contribution in [1.82, 2.24) is 13.9 Å². The fraction of sp³-hybridized carbons (Fsp3) is 0.727. The van der Waals surface area contributed by atoms with Gasteiger partial charge in [-0.1, -0.05) is 0 Å². The minimum atomic E-state index is -4.35. The summed E-state index contributed by atoms with van der Waals surface area (Å²) in [7, 11) is -3.69. The second-order valence-electron chi connectivity index (χ2n) is 4.90. The minimum absolute atomic E-state index is 0.0718. The predicted molar refractivity (Wildman–Crippen MR) is 66.3 cm³/mol. The Bertz CT molecular complexity index is 542. The Hall–Kier alpha value is -1.09. The first kappa shape index (κ1) is 15.3. The van der Waals surface area contributed by atoms with Crippen molar-refractivity contribution in [3.63, 3.8) is 0 Å². The molecular formula is C11H16F3N3O2S. The van der Waals surface area contributed by atoms with Crippen LogP contribution in [-0.4, -0.2) is 46.8 Å². The van der Waals surface area contributed by atoms with E-state index >= 15 is 0 Å². The first-order valence-electron chi connectivity index (χ1n) is 6.24. The Morgan fingerprint density at radius 2 is 2.10 bits per heavy atom. The highest BCUT2D eigenvalue weighted by Gasteiger charge is 2.50. The first-order valence-corrected chi connectivity index (χ1v) is 7.85. The molecule has 0 radical (unpaired) electrons. The summed E-state index contributed by atoms with van der Waals surface area (Å²) in [6, 6.07) is -1.04. The number of nitrogens with zero attached hydrogens (tertiary/aromatic N) is 3. The summed E-state index contributed by atoms with van der Waals surface area (Å²) < 4.78 is 65.1. The molecule has 0 N–H and O–H groups in total. The summed E-state index contributed by atoms with van der Waals surface area (Å²) in [6.45, 7) is 1.43. The summed E-state index contributed by atoms with van der Waals surface area (Å²) in [4.78, 5) is 3.79. The van der Waals surface area contributed by atoms with Crippen LogP contribution in [0.25, 0.3) is 0 Å². The number of imidazole rings is 1. The summed E-state index contributed by atoms with van der Waals surface area (Å²) in [6.07, 6.45) is 0.0800. The highest BCUT2D eigenvalue weighted by Crippen LogP contribution is 2.39. The smallest absolute Gasteiger partial charge is 0.336 e. The second kappa shape index (κ2) is 5.36. The predicted octanol–water partition coefficient (Wildman–Crippen LogP) is 1.49. The number of hydrogen-bond donors (Lipinski definition) is 0. The van der Waals surface area contributed by atoms with Gasteiger partial charge in [-0.25, -0.2) is 13.4 Å². The van der Waals surface area contributed by atoms with Gasteiger partial charge in [0.25, 0.3) is 0 Å². The van der Waals surface area contributed by atoms with E-state index in [-0.39, 0.29) is 25.3 Å². The summed E-state index contributed by atoms with van der Waals surface area (Å²) in [5.74, 6) is -1.80. The van der Waals surface area contributed by atoms with Gasteiger partial charge in [0.1, 0.15) is 0 Å². The van der Waals surface area contributed by atoms with Gasteiger partial charge in [-0.2, -0.15) is 17.5 Å². The fourth-order valence-corrected chi connectivity index (χ4v) is 4.21. The molecule has 0 amide bonds. The van der Waals surface area contributed by atoms with Crippen LogP contribution in [0.2, 0.25) is 0 Å². The second-order valence-corrected chi connectivity index (χ2v) is 6.95. The largest absolute Gasteiger partial charge is 0.393 e. The van der Waals surface area contributed by atoms with Crippen molar-refractivity contribution in [3.05, 3.63) is 18.7 Å².